The summed E-state index contributed by atoms with van der Waals surface area (Å²) in [5.41, 5.74) is 3.73. The molecule has 1 N–H and O–H groups in total. The highest BCUT2D eigenvalue weighted by Gasteiger charge is 2.14. The third-order valence-electron chi connectivity index (χ3n) is 4.30. The Kier molecular flexibility index (Phi) is 4.78. The van der Waals surface area contributed by atoms with Crippen LogP contribution in [0.5, 0.6) is 0 Å². The van der Waals surface area contributed by atoms with Crippen molar-refractivity contribution in [2.45, 2.75) is 12.1 Å². The van der Waals surface area contributed by atoms with Gasteiger partial charge in [0.1, 0.15) is 0 Å². The lowest BCUT2D eigenvalue weighted by Gasteiger charge is -2.06. The maximum absolute atomic E-state index is 12.5. The maximum Gasteiger partial charge on any atom is 0.234 e. The Bertz CT molecular complexity index is 1340. The lowest BCUT2D eigenvalue weighted by Crippen LogP contribution is -2.14. The van der Waals surface area contributed by atoms with Crippen LogP contribution in [0.4, 0.5) is 5.69 Å². The summed E-state index contributed by atoms with van der Waals surface area (Å²) in [5.74, 6) is 0.170. The van der Waals surface area contributed by atoms with Crippen molar-refractivity contribution < 1.29 is 4.79 Å². The number of nitrogens with zero attached hydrogens (tertiary/aromatic N) is 4. The minimum Gasteiger partial charge on any atom is -0.325 e. The number of thiazole rings is 2. The Hall–Kier alpha value is -2.75. The van der Waals surface area contributed by atoms with E-state index in [1.165, 1.54) is 11.8 Å². The smallest absolute Gasteiger partial charge is 0.234 e. The van der Waals surface area contributed by atoms with Gasteiger partial charge in [-0.15, -0.1) is 21.5 Å². The Morgan fingerprint density at radius 1 is 1.17 bits per heavy atom. The Morgan fingerprint density at radius 3 is 2.93 bits per heavy atom. The van der Waals surface area contributed by atoms with Crippen molar-refractivity contribution in [3.05, 3.63) is 58.9 Å². The predicted molar refractivity (Wildman–Crippen MR) is 120 cm³/mol. The quantitative estimate of drug-likeness (QED) is 0.387. The molecule has 0 aliphatic rings. The number of hydrogen-bond acceptors (Lipinski definition) is 7. The minimum absolute atomic E-state index is 0.0853. The molecule has 5 rings (SSSR count). The van der Waals surface area contributed by atoms with Gasteiger partial charge in [-0.2, -0.15) is 0 Å². The van der Waals surface area contributed by atoms with Crippen LogP contribution in [0.1, 0.15) is 5.01 Å². The first-order chi connectivity index (χ1) is 14.2. The van der Waals surface area contributed by atoms with Gasteiger partial charge in [-0.1, -0.05) is 47.4 Å². The van der Waals surface area contributed by atoms with Gasteiger partial charge in [0.2, 0.25) is 10.9 Å². The topological polar surface area (TPSA) is 72.2 Å². The number of hydrogen-bond donors (Lipinski definition) is 1. The molecule has 1 amide bonds. The molecule has 2 aromatic carbocycles. The molecule has 0 saturated heterocycles. The number of anilines is 1. The molecule has 6 nitrogen and oxygen atoms in total. The van der Waals surface area contributed by atoms with Gasteiger partial charge in [-0.05, 0) is 31.2 Å². The molecule has 29 heavy (non-hydrogen) atoms. The molecule has 3 heterocycles. The van der Waals surface area contributed by atoms with E-state index >= 15 is 0 Å². The van der Waals surface area contributed by atoms with Gasteiger partial charge < -0.3 is 5.32 Å². The van der Waals surface area contributed by atoms with E-state index in [0.29, 0.717) is 0 Å². The van der Waals surface area contributed by atoms with Crippen LogP contribution in [0, 0.1) is 6.92 Å². The van der Waals surface area contributed by atoms with Crippen LogP contribution in [0.3, 0.4) is 0 Å². The number of nitrogens with one attached hydrogen (secondary N) is 1. The Morgan fingerprint density at radius 2 is 2.07 bits per heavy atom. The molecule has 0 fully saturated rings. The molecule has 144 valence electrons. The molecule has 0 aliphatic carbocycles. The lowest BCUT2D eigenvalue weighted by molar-refractivity contribution is -0.113. The molecule has 0 atom stereocenters. The van der Waals surface area contributed by atoms with Crippen LogP contribution in [0.2, 0.25) is 0 Å². The Labute approximate surface area is 178 Å². The molecular weight excluding hydrogens is 422 g/mol. The average molecular weight is 438 g/mol. The molecular formula is C20H15N5OS3. The van der Waals surface area contributed by atoms with Crippen molar-refractivity contribution in [2.24, 2.45) is 0 Å². The molecule has 0 radical (unpaired) electrons. The summed E-state index contributed by atoms with van der Waals surface area (Å²) in [6.45, 7) is 1.98. The summed E-state index contributed by atoms with van der Waals surface area (Å²) >= 11 is 4.58. The predicted octanol–water partition coefficient (Wildman–Crippen LogP) is 5.11. The average Bonchev–Trinajstić information content (AvgIpc) is 3.42. The highest BCUT2D eigenvalue weighted by molar-refractivity contribution is 7.99. The van der Waals surface area contributed by atoms with Crippen LogP contribution < -0.4 is 5.32 Å². The minimum atomic E-state index is -0.0853. The molecule has 0 spiro atoms. The van der Waals surface area contributed by atoms with E-state index in [4.69, 9.17) is 0 Å². The highest BCUT2D eigenvalue weighted by atomic mass is 32.2. The van der Waals surface area contributed by atoms with E-state index in [-0.39, 0.29) is 11.7 Å². The first kappa shape index (κ1) is 18.3. The van der Waals surface area contributed by atoms with Gasteiger partial charge >= 0.3 is 0 Å². The first-order valence-corrected chi connectivity index (χ1v) is 11.5. The first-order valence-electron chi connectivity index (χ1n) is 8.85. The van der Waals surface area contributed by atoms with E-state index in [2.05, 4.69) is 26.6 Å². The van der Waals surface area contributed by atoms with Crippen molar-refractivity contribution in [3.63, 3.8) is 0 Å². The number of carbonyl (C=O) groups excluding carboxylic acids is 1. The van der Waals surface area contributed by atoms with E-state index < -0.39 is 0 Å². The van der Waals surface area contributed by atoms with Gasteiger partial charge in [0.25, 0.3) is 0 Å². The third kappa shape index (κ3) is 3.64. The number of thioether (sulfide) groups is 1. The van der Waals surface area contributed by atoms with Crippen molar-refractivity contribution >= 4 is 61.2 Å². The van der Waals surface area contributed by atoms with Crippen molar-refractivity contribution in [3.8, 4) is 11.3 Å². The number of amides is 1. The standard InChI is InChI=1S/C20H15N5OS3/c1-12-21-15(10-27-12)13-5-4-6-14(9-13)22-18(26)11-28-19-23-24-20-25(19)16-7-2-3-8-17(16)29-20/h2-10H,11H2,1H3,(H,22,26). The molecule has 0 bridgehead atoms. The van der Waals surface area contributed by atoms with Crippen LogP contribution in [-0.2, 0) is 4.79 Å². The van der Waals surface area contributed by atoms with E-state index in [1.807, 2.05) is 59.2 Å². The second-order valence-electron chi connectivity index (χ2n) is 6.34. The number of rotatable bonds is 5. The number of aryl methyl sites for hydroxylation is 1. The number of aromatic nitrogens is 4. The van der Waals surface area contributed by atoms with Crippen molar-refractivity contribution in [1.29, 1.82) is 0 Å². The van der Waals surface area contributed by atoms with E-state index in [9.17, 15) is 4.79 Å². The van der Waals surface area contributed by atoms with Crippen LogP contribution in [0.25, 0.3) is 26.4 Å². The normalized spacial score (nSPS) is 11.3. The summed E-state index contributed by atoms with van der Waals surface area (Å²) in [6, 6.07) is 15.8. The maximum atomic E-state index is 12.5. The van der Waals surface area contributed by atoms with Crippen molar-refractivity contribution in [2.75, 3.05) is 11.1 Å². The molecule has 0 saturated carbocycles. The SMILES string of the molecule is Cc1nc(-c2cccc(NC(=O)CSc3nnc4sc5ccccc5n34)c2)cs1. The largest absolute Gasteiger partial charge is 0.325 e. The summed E-state index contributed by atoms with van der Waals surface area (Å²) < 4.78 is 3.15. The van der Waals surface area contributed by atoms with Crippen LogP contribution >= 0.6 is 34.4 Å². The second-order valence-corrected chi connectivity index (χ2v) is 9.35. The molecule has 3 aromatic heterocycles. The van der Waals surface area contributed by atoms with Gasteiger partial charge in [-0.25, -0.2) is 4.98 Å². The fraction of sp³-hybridized carbons (Fsp3) is 0.100. The fourth-order valence-electron chi connectivity index (χ4n) is 3.03. The summed E-state index contributed by atoms with van der Waals surface area (Å²) in [6.07, 6.45) is 0. The fourth-order valence-corrected chi connectivity index (χ4v) is 5.42. The summed E-state index contributed by atoms with van der Waals surface area (Å²) in [4.78, 5) is 17.8. The summed E-state index contributed by atoms with van der Waals surface area (Å²) in [5, 5.41) is 15.2. The number of para-hydroxylation sites is 1. The molecule has 9 heteroatoms. The second kappa shape index (κ2) is 7.58. The monoisotopic (exact) mass is 437 g/mol. The highest BCUT2D eigenvalue weighted by Crippen LogP contribution is 2.29. The molecule has 5 aromatic rings. The zero-order valence-corrected chi connectivity index (χ0v) is 17.8. The number of fused-ring (bicyclic) bond motifs is 3. The summed E-state index contributed by atoms with van der Waals surface area (Å²) in [7, 11) is 0. The zero-order chi connectivity index (χ0) is 19.8. The zero-order valence-electron chi connectivity index (χ0n) is 15.3. The van der Waals surface area contributed by atoms with Gasteiger partial charge in [0, 0.05) is 16.6 Å². The Balaban J connectivity index is 1.30. The van der Waals surface area contributed by atoms with Gasteiger partial charge in [-0.3, -0.25) is 9.20 Å². The van der Waals surface area contributed by atoms with Gasteiger partial charge in [0.05, 0.1) is 26.7 Å². The number of carbonyl (C=O) groups is 1. The van der Waals surface area contributed by atoms with E-state index in [0.717, 1.165) is 42.3 Å². The number of benzene rings is 2. The molecule has 0 unspecified atom stereocenters. The van der Waals surface area contributed by atoms with E-state index in [1.54, 1.807) is 22.7 Å². The van der Waals surface area contributed by atoms with Crippen molar-refractivity contribution in [1.82, 2.24) is 19.6 Å². The lowest BCUT2D eigenvalue weighted by atomic mass is 10.1. The van der Waals surface area contributed by atoms with Crippen LogP contribution in [0.15, 0.2) is 59.1 Å². The third-order valence-corrected chi connectivity index (χ3v) is 7.02. The van der Waals surface area contributed by atoms with Gasteiger partial charge in [0.15, 0.2) is 5.16 Å². The molecule has 0 aliphatic heterocycles. The van der Waals surface area contributed by atoms with Crippen LogP contribution in [-0.4, -0.2) is 31.2 Å².